The molecule has 1 aliphatic carbocycles. The third kappa shape index (κ3) is 6.42. The Balaban J connectivity index is 0.000000279. The topological polar surface area (TPSA) is 15.3 Å². The lowest BCUT2D eigenvalue weighted by atomic mass is 10.0. The van der Waals surface area contributed by atoms with Crippen molar-refractivity contribution in [1.82, 2.24) is 10.2 Å². The molecule has 4 rings (SSSR count). The van der Waals surface area contributed by atoms with Gasteiger partial charge in [-0.15, -0.1) is 11.8 Å². The molecule has 2 aliphatic heterocycles. The molecule has 0 amide bonds. The molecule has 28 heavy (non-hydrogen) atoms. The van der Waals surface area contributed by atoms with Gasteiger partial charge in [-0.1, -0.05) is 55.2 Å². The number of allylic oxidation sites excluding steroid dienone is 5. The van der Waals surface area contributed by atoms with Crippen molar-refractivity contribution in [2.75, 3.05) is 13.1 Å². The molecule has 1 aromatic carbocycles. The molecule has 0 saturated carbocycles. The van der Waals surface area contributed by atoms with Gasteiger partial charge >= 0.3 is 0 Å². The third-order valence-corrected chi connectivity index (χ3v) is 6.53. The van der Waals surface area contributed by atoms with Crippen LogP contribution in [0.2, 0.25) is 0 Å². The average molecular weight is 395 g/mol. The highest BCUT2D eigenvalue weighted by Gasteiger charge is 2.25. The van der Waals surface area contributed by atoms with Crippen molar-refractivity contribution in [3.8, 4) is 0 Å². The predicted octanol–water partition coefficient (Wildman–Crippen LogP) is 5.83. The van der Waals surface area contributed by atoms with Gasteiger partial charge in [0.25, 0.3) is 0 Å². The van der Waals surface area contributed by atoms with Crippen LogP contribution in [0.3, 0.4) is 0 Å². The zero-order valence-electron chi connectivity index (χ0n) is 17.1. The summed E-state index contributed by atoms with van der Waals surface area (Å²) >= 11 is 1.93. The summed E-state index contributed by atoms with van der Waals surface area (Å²) in [5, 5.41) is 6.23. The monoisotopic (exact) mass is 394 g/mol. The molecule has 150 valence electrons. The van der Waals surface area contributed by atoms with E-state index in [2.05, 4.69) is 46.6 Å². The largest absolute Gasteiger partial charge is 0.378 e. The van der Waals surface area contributed by atoms with E-state index < -0.39 is 0 Å². The van der Waals surface area contributed by atoms with Crippen LogP contribution < -0.4 is 5.32 Å². The molecule has 1 N–H and O–H groups in total. The average Bonchev–Trinajstić information content (AvgIpc) is 3.45. The van der Waals surface area contributed by atoms with Gasteiger partial charge in [0.1, 0.15) is 0 Å². The summed E-state index contributed by atoms with van der Waals surface area (Å²) in [6.07, 6.45) is 18.2. The maximum atomic E-state index is 3.51. The Bertz CT molecular complexity index is 705. The molecule has 1 aromatic rings. The Morgan fingerprint density at radius 3 is 2.68 bits per heavy atom. The highest BCUT2D eigenvalue weighted by atomic mass is 32.2. The highest BCUT2D eigenvalue weighted by Crippen LogP contribution is 2.33. The van der Waals surface area contributed by atoms with Crippen molar-refractivity contribution in [1.29, 1.82) is 0 Å². The van der Waals surface area contributed by atoms with E-state index >= 15 is 0 Å². The Kier molecular flexibility index (Phi) is 8.50. The maximum absolute atomic E-state index is 3.51. The third-order valence-electron chi connectivity index (χ3n) is 5.58. The molecule has 0 radical (unpaired) electrons. The van der Waals surface area contributed by atoms with Crippen LogP contribution in [0.1, 0.15) is 42.9 Å². The first kappa shape index (κ1) is 21.0. The van der Waals surface area contributed by atoms with E-state index in [0.717, 1.165) is 12.5 Å². The molecular weight excluding hydrogens is 360 g/mol. The molecule has 0 spiro atoms. The van der Waals surface area contributed by atoms with E-state index in [0.29, 0.717) is 5.37 Å². The van der Waals surface area contributed by atoms with Crippen LogP contribution in [0.4, 0.5) is 0 Å². The first-order chi connectivity index (χ1) is 13.8. The van der Waals surface area contributed by atoms with Crippen LogP contribution in [-0.4, -0.2) is 23.4 Å². The number of nitrogens with zero attached hydrogens (tertiary/aromatic N) is 1. The van der Waals surface area contributed by atoms with Gasteiger partial charge in [0.2, 0.25) is 0 Å². The summed E-state index contributed by atoms with van der Waals surface area (Å²) in [6, 6.07) is 7.25. The van der Waals surface area contributed by atoms with Crippen molar-refractivity contribution in [2.45, 2.75) is 50.9 Å². The van der Waals surface area contributed by atoms with Crippen molar-refractivity contribution < 1.29 is 0 Å². The SMILES string of the molecule is C1=CSC(CC2Cc3ccc(CN4CCCC4)cc3C2)N1.C=C/C=C\C=C/C. The van der Waals surface area contributed by atoms with E-state index in [1.807, 2.05) is 43.0 Å². The summed E-state index contributed by atoms with van der Waals surface area (Å²) in [5.74, 6) is 0.826. The van der Waals surface area contributed by atoms with Gasteiger partial charge in [-0.2, -0.15) is 0 Å². The standard InChI is InChI=1S/C18H24N2S.C7H10/c1-2-7-20(6-1)13-14-3-4-16-10-15(11-17(16)9-14)12-18-19-5-8-21-18;1-3-5-7-6-4-2/h3-5,8-9,15,18-19H,1-2,6-7,10-13H2;3-7H,1H2,2H3/b;6-4-,7-5-. The van der Waals surface area contributed by atoms with Crippen LogP contribution in [0.15, 0.2) is 66.8 Å². The van der Waals surface area contributed by atoms with Crippen molar-refractivity contribution in [2.24, 2.45) is 5.92 Å². The number of benzene rings is 1. The molecular formula is C25H34N2S. The zero-order chi connectivity index (χ0) is 19.6. The first-order valence-corrected chi connectivity index (χ1v) is 11.5. The first-order valence-electron chi connectivity index (χ1n) is 10.6. The van der Waals surface area contributed by atoms with Gasteiger partial charge < -0.3 is 5.32 Å². The molecule has 1 fully saturated rings. The van der Waals surface area contributed by atoms with Crippen LogP contribution in [-0.2, 0) is 19.4 Å². The van der Waals surface area contributed by atoms with Crippen LogP contribution in [0.25, 0.3) is 0 Å². The summed E-state index contributed by atoms with van der Waals surface area (Å²) in [6.45, 7) is 9.22. The van der Waals surface area contributed by atoms with Crippen LogP contribution in [0.5, 0.6) is 0 Å². The molecule has 2 unspecified atom stereocenters. The molecule has 2 nitrogen and oxygen atoms in total. The summed E-state index contributed by atoms with van der Waals surface area (Å²) in [4.78, 5) is 2.60. The van der Waals surface area contributed by atoms with Gasteiger partial charge in [0.15, 0.2) is 0 Å². The van der Waals surface area contributed by atoms with Gasteiger partial charge in [0, 0.05) is 12.7 Å². The van der Waals surface area contributed by atoms with Crippen molar-refractivity contribution >= 4 is 11.8 Å². The normalized spacial score (nSPS) is 23.8. The van der Waals surface area contributed by atoms with E-state index in [4.69, 9.17) is 0 Å². The predicted molar refractivity (Wildman–Crippen MR) is 124 cm³/mol. The minimum atomic E-state index is 0.605. The Labute approximate surface area is 175 Å². The van der Waals surface area contributed by atoms with Gasteiger partial charge in [-0.25, -0.2) is 0 Å². The van der Waals surface area contributed by atoms with Gasteiger partial charge in [0.05, 0.1) is 5.37 Å². The number of nitrogens with one attached hydrogen (secondary N) is 1. The number of likely N-dealkylation sites (tertiary alicyclic amines) is 1. The van der Waals surface area contributed by atoms with Crippen molar-refractivity contribution in [3.05, 3.63) is 83.5 Å². The van der Waals surface area contributed by atoms with Gasteiger partial charge in [-0.05, 0) is 80.1 Å². The summed E-state index contributed by atoms with van der Waals surface area (Å²) in [7, 11) is 0. The lowest BCUT2D eigenvalue weighted by Gasteiger charge is -2.15. The number of rotatable bonds is 6. The molecule has 2 atom stereocenters. The van der Waals surface area contributed by atoms with E-state index in [1.165, 1.54) is 50.8 Å². The molecule has 0 aromatic heterocycles. The maximum Gasteiger partial charge on any atom is 0.0761 e. The second-order valence-electron chi connectivity index (χ2n) is 7.84. The fourth-order valence-electron chi connectivity index (χ4n) is 4.23. The van der Waals surface area contributed by atoms with E-state index in [-0.39, 0.29) is 0 Å². The van der Waals surface area contributed by atoms with Crippen LogP contribution >= 0.6 is 11.8 Å². The second-order valence-corrected chi connectivity index (χ2v) is 8.95. The molecule has 3 heteroatoms. The molecule has 0 bridgehead atoms. The zero-order valence-corrected chi connectivity index (χ0v) is 18.0. The number of fused-ring (bicyclic) bond motifs is 1. The Hall–Kier alpha value is -1.71. The fourth-order valence-corrected chi connectivity index (χ4v) is 5.11. The van der Waals surface area contributed by atoms with E-state index in [9.17, 15) is 0 Å². The molecule has 1 saturated heterocycles. The lowest BCUT2D eigenvalue weighted by molar-refractivity contribution is 0.331. The number of hydrogen-bond donors (Lipinski definition) is 1. The fraction of sp³-hybridized carbons (Fsp3) is 0.440. The second kappa shape index (κ2) is 11.3. The quantitative estimate of drug-likeness (QED) is 0.612. The smallest absolute Gasteiger partial charge is 0.0761 e. The lowest BCUT2D eigenvalue weighted by Crippen LogP contribution is -2.20. The number of thioether (sulfide) groups is 1. The Morgan fingerprint density at radius 1 is 1.14 bits per heavy atom. The Morgan fingerprint density at radius 2 is 1.96 bits per heavy atom. The highest BCUT2D eigenvalue weighted by molar-refractivity contribution is 8.02. The minimum Gasteiger partial charge on any atom is -0.378 e. The summed E-state index contributed by atoms with van der Waals surface area (Å²) in [5.41, 5.74) is 4.74. The van der Waals surface area contributed by atoms with Crippen molar-refractivity contribution in [3.63, 3.8) is 0 Å². The van der Waals surface area contributed by atoms with E-state index in [1.54, 1.807) is 17.2 Å². The minimum absolute atomic E-state index is 0.605. The molecule has 3 aliphatic rings. The summed E-state index contributed by atoms with van der Waals surface area (Å²) < 4.78 is 0. The molecule has 2 heterocycles. The van der Waals surface area contributed by atoms with Gasteiger partial charge in [-0.3, -0.25) is 4.90 Å². The van der Waals surface area contributed by atoms with Crippen LogP contribution in [0, 0.1) is 5.92 Å². The number of hydrogen-bond acceptors (Lipinski definition) is 3.